The van der Waals surface area contributed by atoms with E-state index in [4.69, 9.17) is 16.3 Å². The Morgan fingerprint density at radius 3 is 2.86 bits per heavy atom. The second-order valence-corrected chi connectivity index (χ2v) is 5.68. The van der Waals surface area contributed by atoms with Crippen molar-refractivity contribution in [2.24, 2.45) is 0 Å². The van der Waals surface area contributed by atoms with E-state index in [1.807, 2.05) is 12.1 Å². The maximum Gasteiger partial charge on any atom is 0.268 e. The lowest BCUT2D eigenvalue weighted by Gasteiger charge is -2.07. The van der Waals surface area contributed by atoms with Crippen molar-refractivity contribution in [3.8, 4) is 5.75 Å². The van der Waals surface area contributed by atoms with E-state index in [0.717, 1.165) is 18.4 Å². The zero-order valence-corrected chi connectivity index (χ0v) is 12.5. The number of halogens is 1. The molecule has 0 unspecified atom stereocenters. The van der Waals surface area contributed by atoms with E-state index in [2.05, 4.69) is 10.3 Å². The fourth-order valence-corrected chi connectivity index (χ4v) is 2.19. The Bertz CT molecular complexity index is 753. The van der Waals surface area contributed by atoms with Gasteiger partial charge in [-0.25, -0.2) is 0 Å². The predicted molar refractivity (Wildman–Crippen MR) is 83.3 cm³/mol. The maximum atomic E-state index is 12.0. The molecule has 3 rings (SSSR count). The van der Waals surface area contributed by atoms with Crippen LogP contribution in [0.25, 0.3) is 0 Å². The third-order valence-electron chi connectivity index (χ3n) is 3.32. The van der Waals surface area contributed by atoms with Gasteiger partial charge in [0.2, 0.25) is 5.43 Å². The van der Waals surface area contributed by atoms with Crippen LogP contribution in [-0.2, 0) is 6.61 Å². The highest BCUT2D eigenvalue weighted by molar-refractivity contribution is 6.30. The van der Waals surface area contributed by atoms with Gasteiger partial charge in [-0.15, -0.1) is 0 Å². The predicted octanol–water partition coefficient (Wildman–Crippen LogP) is 2.50. The van der Waals surface area contributed by atoms with Gasteiger partial charge in [-0.2, -0.15) is 0 Å². The van der Waals surface area contributed by atoms with E-state index in [-0.39, 0.29) is 35.4 Å². The van der Waals surface area contributed by atoms with Crippen molar-refractivity contribution in [2.75, 3.05) is 0 Å². The van der Waals surface area contributed by atoms with Crippen molar-refractivity contribution in [3.05, 3.63) is 63.0 Å². The molecular formula is C16H15ClN2O3. The number of carbonyl (C=O) groups is 1. The summed E-state index contributed by atoms with van der Waals surface area (Å²) >= 11 is 5.89. The van der Waals surface area contributed by atoms with Crippen LogP contribution in [0.5, 0.6) is 5.75 Å². The molecule has 1 amide bonds. The lowest BCUT2D eigenvalue weighted by Crippen LogP contribution is -2.27. The Hall–Kier alpha value is -2.27. The molecule has 0 aliphatic heterocycles. The van der Waals surface area contributed by atoms with Gasteiger partial charge in [0.1, 0.15) is 12.3 Å². The van der Waals surface area contributed by atoms with Crippen LogP contribution < -0.4 is 15.5 Å². The molecule has 22 heavy (non-hydrogen) atoms. The third-order valence-corrected chi connectivity index (χ3v) is 3.55. The molecular weight excluding hydrogens is 304 g/mol. The molecule has 1 heterocycles. The fourth-order valence-electron chi connectivity index (χ4n) is 1.98. The van der Waals surface area contributed by atoms with E-state index in [0.29, 0.717) is 5.02 Å². The van der Waals surface area contributed by atoms with Crippen LogP contribution in [0.2, 0.25) is 5.02 Å². The normalized spacial score (nSPS) is 13.7. The molecule has 1 aromatic carbocycles. The summed E-state index contributed by atoms with van der Waals surface area (Å²) in [5.74, 6) is -0.0936. The first-order valence-electron chi connectivity index (χ1n) is 7.02. The summed E-state index contributed by atoms with van der Waals surface area (Å²) in [5, 5.41) is 3.43. The Kier molecular flexibility index (Phi) is 4.15. The summed E-state index contributed by atoms with van der Waals surface area (Å²) in [5.41, 5.74) is 0.774. The number of hydrogen-bond donors (Lipinski definition) is 2. The second-order valence-electron chi connectivity index (χ2n) is 5.24. The van der Waals surface area contributed by atoms with E-state index >= 15 is 0 Å². The van der Waals surface area contributed by atoms with Crippen LogP contribution in [0.3, 0.4) is 0 Å². The van der Waals surface area contributed by atoms with Crippen molar-refractivity contribution in [1.29, 1.82) is 0 Å². The Morgan fingerprint density at radius 2 is 2.18 bits per heavy atom. The van der Waals surface area contributed by atoms with Gasteiger partial charge in [0.05, 0.1) is 0 Å². The average molecular weight is 319 g/mol. The van der Waals surface area contributed by atoms with Gasteiger partial charge in [0.25, 0.3) is 5.91 Å². The smallest absolute Gasteiger partial charge is 0.268 e. The summed E-state index contributed by atoms with van der Waals surface area (Å²) in [6, 6.07) is 8.71. The van der Waals surface area contributed by atoms with Crippen LogP contribution in [0.4, 0.5) is 0 Å². The van der Waals surface area contributed by atoms with Crippen LogP contribution in [0.15, 0.2) is 41.3 Å². The molecule has 0 saturated heterocycles. The summed E-state index contributed by atoms with van der Waals surface area (Å²) in [6.45, 7) is 0.233. The molecule has 1 aliphatic rings. The second kappa shape index (κ2) is 6.23. The first kappa shape index (κ1) is 14.7. The van der Waals surface area contributed by atoms with Gasteiger partial charge < -0.3 is 15.0 Å². The number of benzene rings is 1. The van der Waals surface area contributed by atoms with E-state index < -0.39 is 0 Å². The monoisotopic (exact) mass is 318 g/mol. The summed E-state index contributed by atoms with van der Waals surface area (Å²) in [7, 11) is 0. The van der Waals surface area contributed by atoms with Crippen LogP contribution in [0.1, 0.15) is 28.9 Å². The van der Waals surface area contributed by atoms with Gasteiger partial charge >= 0.3 is 0 Å². The molecule has 2 N–H and O–H groups in total. The number of aromatic amines is 1. The zero-order valence-electron chi connectivity index (χ0n) is 11.8. The average Bonchev–Trinajstić information content (AvgIpc) is 3.30. The zero-order chi connectivity index (χ0) is 15.5. The van der Waals surface area contributed by atoms with Crippen molar-refractivity contribution in [2.45, 2.75) is 25.5 Å². The van der Waals surface area contributed by atoms with Gasteiger partial charge in [-0.3, -0.25) is 9.59 Å². The van der Waals surface area contributed by atoms with E-state index in [1.54, 1.807) is 12.1 Å². The highest BCUT2D eigenvalue weighted by Crippen LogP contribution is 2.19. The minimum atomic E-state index is -0.332. The lowest BCUT2D eigenvalue weighted by atomic mass is 10.2. The molecule has 0 bridgehead atoms. The van der Waals surface area contributed by atoms with Crippen LogP contribution >= 0.6 is 11.6 Å². The highest BCUT2D eigenvalue weighted by atomic mass is 35.5. The fraction of sp³-hybridized carbons (Fsp3) is 0.250. The minimum Gasteiger partial charge on any atom is -0.483 e. The first-order chi connectivity index (χ1) is 10.6. The number of aromatic nitrogens is 1. The third kappa shape index (κ3) is 3.68. The van der Waals surface area contributed by atoms with Crippen molar-refractivity contribution in [1.82, 2.24) is 10.3 Å². The van der Waals surface area contributed by atoms with E-state index in [1.165, 1.54) is 12.3 Å². The minimum absolute atomic E-state index is 0.169. The number of nitrogens with one attached hydrogen (secondary N) is 2. The quantitative estimate of drug-likeness (QED) is 0.889. The molecule has 1 aromatic heterocycles. The molecule has 0 radical (unpaired) electrons. The highest BCUT2D eigenvalue weighted by Gasteiger charge is 2.24. The molecule has 2 aromatic rings. The number of rotatable bonds is 5. The van der Waals surface area contributed by atoms with E-state index in [9.17, 15) is 9.59 Å². The summed E-state index contributed by atoms with van der Waals surface area (Å²) in [6.07, 6.45) is 3.41. The van der Waals surface area contributed by atoms with Crippen molar-refractivity contribution >= 4 is 17.5 Å². The topological polar surface area (TPSA) is 71.2 Å². The van der Waals surface area contributed by atoms with Gasteiger partial charge in [0.15, 0.2) is 5.75 Å². The van der Waals surface area contributed by atoms with Crippen LogP contribution in [0, 0.1) is 0 Å². The molecule has 0 atom stereocenters. The summed E-state index contributed by atoms with van der Waals surface area (Å²) in [4.78, 5) is 26.6. The molecule has 1 aliphatic carbocycles. The summed E-state index contributed by atoms with van der Waals surface area (Å²) < 4.78 is 5.47. The molecule has 0 spiro atoms. The van der Waals surface area contributed by atoms with Gasteiger partial charge in [0, 0.05) is 23.3 Å². The standard InChI is InChI=1S/C16H15ClN2O3/c17-11-3-1-2-10(6-11)9-22-15-8-18-13(7-14(15)20)16(21)19-12-4-5-12/h1-3,6-8,12H,4-5,9H2,(H,18,20)(H,19,21). The number of hydrogen-bond acceptors (Lipinski definition) is 3. The largest absolute Gasteiger partial charge is 0.483 e. The molecule has 5 nitrogen and oxygen atoms in total. The molecule has 6 heteroatoms. The number of carbonyl (C=O) groups excluding carboxylic acids is 1. The number of H-pyrrole nitrogens is 1. The lowest BCUT2D eigenvalue weighted by molar-refractivity contribution is 0.0946. The SMILES string of the molecule is O=C(NC1CC1)c1cc(=O)c(OCc2cccc(Cl)c2)c[nH]1. The Balaban J connectivity index is 1.66. The number of pyridine rings is 1. The van der Waals surface area contributed by atoms with Crippen molar-refractivity contribution in [3.63, 3.8) is 0 Å². The number of ether oxygens (including phenoxy) is 1. The number of amides is 1. The van der Waals surface area contributed by atoms with Crippen LogP contribution in [-0.4, -0.2) is 16.9 Å². The van der Waals surface area contributed by atoms with Gasteiger partial charge in [-0.05, 0) is 30.5 Å². The Morgan fingerprint density at radius 1 is 1.36 bits per heavy atom. The molecule has 1 saturated carbocycles. The molecule has 114 valence electrons. The Labute approximate surface area is 132 Å². The maximum absolute atomic E-state index is 12.0. The molecule has 1 fully saturated rings. The van der Waals surface area contributed by atoms with Gasteiger partial charge in [-0.1, -0.05) is 23.7 Å². The van der Waals surface area contributed by atoms with Crippen molar-refractivity contribution < 1.29 is 9.53 Å². The first-order valence-corrected chi connectivity index (χ1v) is 7.40.